The number of fused-ring (bicyclic) bond motifs is 3. The summed E-state index contributed by atoms with van der Waals surface area (Å²) in [5.74, 6) is -1.01. The van der Waals surface area contributed by atoms with Crippen LogP contribution in [0.2, 0.25) is 0 Å². The van der Waals surface area contributed by atoms with Gasteiger partial charge >= 0.3 is 6.18 Å². The van der Waals surface area contributed by atoms with Crippen LogP contribution in [0.5, 0.6) is 0 Å². The van der Waals surface area contributed by atoms with Crippen molar-refractivity contribution in [3.8, 4) is 0 Å². The number of carbonyl (C=O) groups excluding carboxylic acids is 1. The fourth-order valence-corrected chi connectivity index (χ4v) is 3.93. The number of hydrogen-bond acceptors (Lipinski definition) is 4. The van der Waals surface area contributed by atoms with Gasteiger partial charge in [-0.2, -0.15) is 13.2 Å². The quantitative estimate of drug-likeness (QED) is 0.857. The molecular formula is C14H22F3NO3. The van der Waals surface area contributed by atoms with E-state index in [1.54, 1.807) is 0 Å². The van der Waals surface area contributed by atoms with Crippen molar-refractivity contribution >= 4 is 5.78 Å². The van der Waals surface area contributed by atoms with Gasteiger partial charge in [-0.1, -0.05) is 13.8 Å². The molecule has 0 amide bonds. The Bertz CT molecular complexity index is 413. The minimum atomic E-state index is -4.42. The number of ketones is 1. The van der Waals surface area contributed by atoms with E-state index in [-0.39, 0.29) is 30.8 Å². The summed E-state index contributed by atoms with van der Waals surface area (Å²) >= 11 is 0. The zero-order valence-electron chi connectivity index (χ0n) is 12.5. The first kappa shape index (κ1) is 16.7. The molecule has 0 spiro atoms. The van der Waals surface area contributed by atoms with Gasteiger partial charge < -0.3 is 9.84 Å². The van der Waals surface area contributed by atoms with Gasteiger partial charge in [0.1, 0.15) is 11.6 Å². The molecule has 4 nitrogen and oxygen atoms in total. The minimum Gasteiger partial charge on any atom is -0.394 e. The van der Waals surface area contributed by atoms with E-state index >= 15 is 0 Å². The first-order valence-electron chi connectivity index (χ1n) is 7.18. The second-order valence-electron chi connectivity index (χ2n) is 6.43. The molecular weight excluding hydrogens is 287 g/mol. The van der Waals surface area contributed by atoms with Crippen molar-refractivity contribution in [2.24, 2.45) is 11.8 Å². The molecule has 1 unspecified atom stereocenters. The number of alkyl halides is 3. The molecule has 0 aromatic heterocycles. The minimum absolute atomic E-state index is 0.0338. The Hall–Kier alpha value is -0.660. The van der Waals surface area contributed by atoms with Gasteiger partial charge in [0.05, 0.1) is 13.2 Å². The number of halogens is 3. The zero-order chi connectivity index (χ0) is 16.0. The number of rotatable bonds is 4. The fraction of sp³-hybridized carbons (Fsp3) is 0.929. The van der Waals surface area contributed by atoms with Crippen LogP contribution in [0.15, 0.2) is 0 Å². The SMILES string of the molecule is COC[C@@]1(CO)C(=O)[C@H]2C[C@H](C(C)C)N1[C@H](C(F)(F)F)C2. The van der Waals surface area contributed by atoms with Gasteiger partial charge in [0.25, 0.3) is 0 Å². The molecule has 0 aliphatic carbocycles. The van der Waals surface area contributed by atoms with E-state index in [4.69, 9.17) is 4.74 Å². The molecule has 1 N–H and O–H groups in total. The molecule has 2 bridgehead atoms. The lowest BCUT2D eigenvalue weighted by Crippen LogP contribution is -2.77. The molecule has 3 aliphatic rings. The van der Waals surface area contributed by atoms with E-state index in [0.29, 0.717) is 6.42 Å². The molecule has 21 heavy (non-hydrogen) atoms. The van der Waals surface area contributed by atoms with Gasteiger partial charge in [-0.15, -0.1) is 0 Å². The van der Waals surface area contributed by atoms with Gasteiger partial charge in [-0.25, -0.2) is 0 Å². The normalized spacial score (nSPS) is 40.1. The van der Waals surface area contributed by atoms with Crippen LogP contribution in [0.3, 0.4) is 0 Å². The molecule has 7 heteroatoms. The van der Waals surface area contributed by atoms with Crippen molar-refractivity contribution in [2.45, 2.75) is 50.5 Å². The summed E-state index contributed by atoms with van der Waals surface area (Å²) in [6, 6.07) is -2.07. The maximum Gasteiger partial charge on any atom is 0.404 e. The molecule has 0 saturated carbocycles. The van der Waals surface area contributed by atoms with Crippen molar-refractivity contribution in [3.63, 3.8) is 0 Å². The summed E-state index contributed by atoms with van der Waals surface area (Å²) in [5.41, 5.74) is -1.56. The van der Waals surface area contributed by atoms with Crippen LogP contribution in [-0.4, -0.2) is 59.9 Å². The van der Waals surface area contributed by atoms with Crippen molar-refractivity contribution in [3.05, 3.63) is 0 Å². The van der Waals surface area contributed by atoms with Gasteiger partial charge in [-0.3, -0.25) is 9.69 Å². The number of carbonyl (C=O) groups is 1. The van der Waals surface area contributed by atoms with Crippen molar-refractivity contribution in [1.29, 1.82) is 0 Å². The smallest absolute Gasteiger partial charge is 0.394 e. The lowest BCUT2D eigenvalue weighted by molar-refractivity contribution is -0.249. The van der Waals surface area contributed by atoms with Crippen LogP contribution in [0.25, 0.3) is 0 Å². The van der Waals surface area contributed by atoms with Crippen LogP contribution >= 0.6 is 0 Å². The number of Topliss-reactive ketones (excluding diaryl/α,β-unsaturated/α-hetero) is 1. The molecule has 3 fully saturated rings. The summed E-state index contributed by atoms with van der Waals surface area (Å²) < 4.78 is 45.2. The summed E-state index contributed by atoms with van der Waals surface area (Å²) in [7, 11) is 1.33. The largest absolute Gasteiger partial charge is 0.404 e. The maximum absolute atomic E-state index is 13.4. The van der Waals surface area contributed by atoms with Crippen LogP contribution in [0, 0.1) is 11.8 Å². The first-order chi connectivity index (χ1) is 9.69. The van der Waals surface area contributed by atoms with Crippen molar-refractivity contribution in [1.82, 2.24) is 4.90 Å². The fourth-order valence-electron chi connectivity index (χ4n) is 3.93. The number of ether oxygens (including phenoxy) is 1. The summed E-state index contributed by atoms with van der Waals surface area (Å²) in [6.07, 6.45) is -4.20. The Balaban J connectivity index is 2.51. The van der Waals surface area contributed by atoms with Crippen LogP contribution in [0.4, 0.5) is 13.2 Å². The van der Waals surface area contributed by atoms with Crippen LogP contribution < -0.4 is 0 Å². The average Bonchev–Trinajstić information content (AvgIpc) is 2.41. The molecule has 5 atom stereocenters. The molecule has 3 heterocycles. The Morgan fingerprint density at radius 2 is 2.05 bits per heavy atom. The number of nitrogens with zero attached hydrogens (tertiary/aromatic N) is 1. The lowest BCUT2D eigenvalue weighted by Gasteiger charge is -2.60. The van der Waals surface area contributed by atoms with E-state index in [2.05, 4.69) is 0 Å². The first-order valence-corrected chi connectivity index (χ1v) is 7.18. The molecule has 3 rings (SSSR count). The predicted molar refractivity (Wildman–Crippen MR) is 69.7 cm³/mol. The highest BCUT2D eigenvalue weighted by molar-refractivity contribution is 5.93. The third-order valence-corrected chi connectivity index (χ3v) is 4.84. The average molecular weight is 309 g/mol. The number of aliphatic hydroxyl groups excluding tert-OH is 1. The second-order valence-corrected chi connectivity index (χ2v) is 6.43. The highest BCUT2D eigenvalue weighted by Crippen LogP contribution is 2.49. The molecule has 3 saturated heterocycles. The van der Waals surface area contributed by atoms with E-state index in [9.17, 15) is 23.1 Å². The van der Waals surface area contributed by atoms with Crippen molar-refractivity contribution < 1.29 is 27.8 Å². The standard InChI is InChI=1S/C14H22F3NO3/c1-8(2)10-4-9-5-11(14(15,16)17)18(10)13(6-19,7-21-3)12(9)20/h8-11,19H,4-7H2,1-3H3/t9-,10+,11-,13-/m0/s1. The molecule has 122 valence electrons. The summed E-state index contributed by atoms with van der Waals surface area (Å²) in [4.78, 5) is 13.7. The Morgan fingerprint density at radius 1 is 1.43 bits per heavy atom. The predicted octanol–water partition coefficient (Wildman–Crippen LogP) is 1.61. The summed E-state index contributed by atoms with van der Waals surface area (Å²) in [6.45, 7) is 2.83. The number of hydrogen-bond donors (Lipinski definition) is 1. The van der Waals surface area contributed by atoms with E-state index in [1.165, 1.54) is 12.0 Å². The van der Waals surface area contributed by atoms with Crippen molar-refractivity contribution in [2.75, 3.05) is 20.3 Å². The Labute approximate surface area is 122 Å². The monoisotopic (exact) mass is 309 g/mol. The molecule has 3 aliphatic heterocycles. The summed E-state index contributed by atoms with van der Waals surface area (Å²) in [5, 5.41) is 9.74. The highest BCUT2D eigenvalue weighted by atomic mass is 19.4. The second kappa shape index (κ2) is 5.52. The Kier molecular flexibility index (Phi) is 4.39. The molecule has 0 radical (unpaired) electrons. The third-order valence-electron chi connectivity index (χ3n) is 4.84. The van der Waals surface area contributed by atoms with Gasteiger partial charge in [0.15, 0.2) is 5.78 Å². The van der Waals surface area contributed by atoms with Gasteiger partial charge in [-0.05, 0) is 18.8 Å². The maximum atomic E-state index is 13.4. The van der Waals surface area contributed by atoms with E-state index in [1.807, 2.05) is 13.8 Å². The zero-order valence-corrected chi connectivity index (χ0v) is 12.5. The van der Waals surface area contributed by atoms with Gasteiger partial charge in [0, 0.05) is 19.1 Å². The topological polar surface area (TPSA) is 49.8 Å². The highest BCUT2D eigenvalue weighted by Gasteiger charge is 2.65. The number of aliphatic hydroxyl groups is 1. The van der Waals surface area contributed by atoms with Crippen LogP contribution in [-0.2, 0) is 9.53 Å². The third kappa shape index (κ3) is 2.49. The van der Waals surface area contributed by atoms with Gasteiger partial charge in [0.2, 0.25) is 0 Å². The van der Waals surface area contributed by atoms with E-state index in [0.717, 1.165) is 0 Å². The Morgan fingerprint density at radius 3 is 2.48 bits per heavy atom. The number of methoxy groups -OCH3 is 1. The number of piperidine rings is 3. The lowest BCUT2D eigenvalue weighted by atomic mass is 9.66. The molecule has 0 aromatic rings. The van der Waals surface area contributed by atoms with Crippen LogP contribution in [0.1, 0.15) is 26.7 Å². The molecule has 0 aromatic carbocycles. The van der Waals surface area contributed by atoms with E-state index < -0.39 is 30.3 Å².